The molecule has 0 bridgehead atoms. The average molecular weight is 658 g/mol. The van der Waals surface area contributed by atoms with Gasteiger partial charge in [0.15, 0.2) is 0 Å². The fourth-order valence-electron chi connectivity index (χ4n) is 5.12. The maximum Gasteiger partial charge on any atom is 0.264 e. The van der Waals surface area contributed by atoms with Gasteiger partial charge in [-0.15, -0.1) is 11.8 Å². The van der Waals surface area contributed by atoms with Crippen LogP contribution in [-0.4, -0.2) is 50.0 Å². The van der Waals surface area contributed by atoms with E-state index in [1.54, 1.807) is 36.4 Å². The van der Waals surface area contributed by atoms with Gasteiger partial charge < -0.3 is 10.2 Å². The molecule has 9 heteroatoms. The maximum atomic E-state index is 14.6. The lowest BCUT2D eigenvalue weighted by Gasteiger charge is -2.34. The number of rotatable bonds is 14. The molecule has 7 nitrogen and oxygen atoms in total. The van der Waals surface area contributed by atoms with Crippen LogP contribution in [0.2, 0.25) is 0 Å². The summed E-state index contributed by atoms with van der Waals surface area (Å²) in [5, 5.41) is 3.07. The van der Waals surface area contributed by atoms with Crippen molar-refractivity contribution < 1.29 is 18.0 Å². The standard InChI is InChI=1S/C37H43N3O4S2/c1-6-29(4)38-37(42)35(24-30-12-8-7-9-13-30)39(25-31-14-10-11-28(3)23-31)36(41)26-40(32-17-15-27(2)16-18-32)46(43,44)34-21-19-33(45-5)20-22-34/h7-23,29,35H,6,24-26H2,1-5H3,(H,38,42)/t29-,35+/m0/s1. The Labute approximate surface area is 278 Å². The molecule has 0 aliphatic heterocycles. The fraction of sp³-hybridized carbons (Fsp3) is 0.297. The van der Waals surface area contributed by atoms with E-state index in [0.29, 0.717) is 5.69 Å². The number of benzene rings is 4. The molecule has 0 aromatic heterocycles. The third-order valence-electron chi connectivity index (χ3n) is 7.96. The molecule has 4 rings (SSSR count). The van der Waals surface area contributed by atoms with Crippen molar-refractivity contribution in [1.82, 2.24) is 10.2 Å². The predicted molar refractivity (Wildman–Crippen MR) is 187 cm³/mol. The molecule has 0 saturated heterocycles. The Morgan fingerprint density at radius 2 is 1.48 bits per heavy atom. The molecule has 1 N–H and O–H groups in total. The first-order valence-electron chi connectivity index (χ1n) is 15.4. The Balaban J connectivity index is 1.80. The number of thioether (sulfide) groups is 1. The van der Waals surface area contributed by atoms with Crippen LogP contribution in [0, 0.1) is 13.8 Å². The third-order valence-corrected chi connectivity index (χ3v) is 10.5. The van der Waals surface area contributed by atoms with Crippen LogP contribution >= 0.6 is 11.8 Å². The van der Waals surface area contributed by atoms with E-state index in [1.807, 2.05) is 101 Å². The zero-order valence-electron chi connectivity index (χ0n) is 27.1. The van der Waals surface area contributed by atoms with Crippen molar-refractivity contribution in [3.05, 3.63) is 125 Å². The van der Waals surface area contributed by atoms with Crippen LogP contribution in [0.1, 0.15) is 42.5 Å². The number of aryl methyl sites for hydroxylation is 2. The molecule has 0 fully saturated rings. The molecule has 4 aromatic rings. The molecule has 0 heterocycles. The minimum Gasteiger partial charge on any atom is -0.352 e. The van der Waals surface area contributed by atoms with Crippen molar-refractivity contribution in [1.29, 1.82) is 0 Å². The molecule has 0 aliphatic carbocycles. The zero-order valence-corrected chi connectivity index (χ0v) is 28.8. The molecule has 2 amide bonds. The number of nitrogens with one attached hydrogen (secondary N) is 1. The van der Waals surface area contributed by atoms with Crippen LogP contribution < -0.4 is 9.62 Å². The van der Waals surface area contributed by atoms with E-state index in [4.69, 9.17) is 0 Å². The Kier molecular flexibility index (Phi) is 12.1. The second-order valence-electron chi connectivity index (χ2n) is 11.6. The van der Waals surface area contributed by atoms with Gasteiger partial charge in [0.2, 0.25) is 11.8 Å². The van der Waals surface area contributed by atoms with Crippen LogP contribution in [0.25, 0.3) is 0 Å². The second kappa shape index (κ2) is 16.0. The number of nitrogens with zero attached hydrogens (tertiary/aromatic N) is 2. The van der Waals surface area contributed by atoms with E-state index in [9.17, 15) is 18.0 Å². The van der Waals surface area contributed by atoms with Crippen LogP contribution in [0.3, 0.4) is 0 Å². The Morgan fingerprint density at radius 1 is 0.826 bits per heavy atom. The highest BCUT2D eigenvalue weighted by atomic mass is 32.2. The van der Waals surface area contributed by atoms with E-state index in [1.165, 1.54) is 16.7 Å². The summed E-state index contributed by atoms with van der Waals surface area (Å²) in [6, 6.07) is 30.1. The maximum absolute atomic E-state index is 14.6. The van der Waals surface area contributed by atoms with Gasteiger partial charge in [-0.25, -0.2) is 8.42 Å². The number of anilines is 1. The molecule has 46 heavy (non-hydrogen) atoms. The van der Waals surface area contributed by atoms with Crippen LogP contribution in [0.5, 0.6) is 0 Å². The van der Waals surface area contributed by atoms with E-state index in [0.717, 1.165) is 37.9 Å². The minimum absolute atomic E-state index is 0.0826. The van der Waals surface area contributed by atoms with Crippen LogP contribution in [0.4, 0.5) is 5.69 Å². The summed E-state index contributed by atoms with van der Waals surface area (Å²) in [5.41, 5.74) is 4.09. The number of carbonyl (C=O) groups is 2. The van der Waals surface area contributed by atoms with Gasteiger partial charge in [0.1, 0.15) is 12.6 Å². The summed E-state index contributed by atoms with van der Waals surface area (Å²) >= 11 is 1.52. The van der Waals surface area contributed by atoms with Crippen molar-refractivity contribution in [2.75, 3.05) is 17.1 Å². The van der Waals surface area contributed by atoms with E-state index < -0.39 is 28.5 Å². The molecule has 2 atom stereocenters. The van der Waals surface area contributed by atoms with Gasteiger partial charge in [0.25, 0.3) is 10.0 Å². The largest absolute Gasteiger partial charge is 0.352 e. The van der Waals surface area contributed by atoms with Crippen molar-refractivity contribution in [3.8, 4) is 0 Å². The van der Waals surface area contributed by atoms with Crippen molar-refractivity contribution in [3.63, 3.8) is 0 Å². The molecule has 0 aliphatic rings. The molecule has 242 valence electrons. The summed E-state index contributed by atoms with van der Waals surface area (Å²) in [6.45, 7) is 7.46. The highest BCUT2D eigenvalue weighted by Gasteiger charge is 2.35. The average Bonchev–Trinajstić information content (AvgIpc) is 3.06. The molecule has 0 unspecified atom stereocenters. The van der Waals surface area contributed by atoms with Crippen molar-refractivity contribution in [2.24, 2.45) is 0 Å². The summed E-state index contributed by atoms with van der Waals surface area (Å²) in [7, 11) is -4.15. The highest BCUT2D eigenvalue weighted by molar-refractivity contribution is 7.98. The predicted octanol–water partition coefficient (Wildman–Crippen LogP) is 6.78. The normalized spacial score (nSPS) is 12.6. The SMILES string of the molecule is CC[C@H](C)NC(=O)[C@@H](Cc1ccccc1)N(Cc1cccc(C)c1)C(=O)CN(c1ccc(C)cc1)S(=O)(=O)c1ccc(SC)cc1. The zero-order chi connectivity index (χ0) is 33.3. The summed E-state index contributed by atoms with van der Waals surface area (Å²) in [4.78, 5) is 31.1. The number of amides is 2. The number of hydrogen-bond donors (Lipinski definition) is 1. The van der Waals surface area contributed by atoms with Crippen molar-refractivity contribution in [2.45, 2.75) is 69.0 Å². The molecule has 0 saturated carbocycles. The fourth-order valence-corrected chi connectivity index (χ4v) is 6.94. The van der Waals surface area contributed by atoms with Gasteiger partial charge in [0.05, 0.1) is 10.6 Å². The number of carbonyl (C=O) groups excluding carboxylic acids is 2. The minimum atomic E-state index is -4.15. The smallest absolute Gasteiger partial charge is 0.264 e. The molecular formula is C37H43N3O4S2. The molecule has 0 radical (unpaired) electrons. The molecule has 0 spiro atoms. The van der Waals surface area contributed by atoms with E-state index >= 15 is 0 Å². The lowest BCUT2D eigenvalue weighted by molar-refractivity contribution is -0.140. The summed E-state index contributed by atoms with van der Waals surface area (Å²) in [5.74, 6) is -0.761. The monoisotopic (exact) mass is 657 g/mol. The topological polar surface area (TPSA) is 86.8 Å². The lowest BCUT2D eigenvalue weighted by Crippen LogP contribution is -2.54. The quantitative estimate of drug-likeness (QED) is 0.151. The summed E-state index contributed by atoms with van der Waals surface area (Å²) in [6.07, 6.45) is 2.92. The first-order valence-corrected chi connectivity index (χ1v) is 18.1. The Hall–Kier alpha value is -4.08. The van der Waals surface area contributed by atoms with Gasteiger partial charge in [-0.1, -0.05) is 84.8 Å². The third kappa shape index (κ3) is 9.01. The molecular weight excluding hydrogens is 615 g/mol. The Bertz CT molecular complexity index is 1710. The van der Waals surface area contributed by atoms with Crippen LogP contribution in [-0.2, 0) is 32.6 Å². The first kappa shape index (κ1) is 34.8. The Morgan fingerprint density at radius 3 is 2.09 bits per heavy atom. The summed E-state index contributed by atoms with van der Waals surface area (Å²) < 4.78 is 29.6. The van der Waals surface area contributed by atoms with Crippen LogP contribution in [0.15, 0.2) is 113 Å². The van der Waals surface area contributed by atoms with Gasteiger partial charge >= 0.3 is 0 Å². The first-order chi connectivity index (χ1) is 22.0. The number of hydrogen-bond acceptors (Lipinski definition) is 5. The van der Waals surface area contributed by atoms with E-state index in [2.05, 4.69) is 5.32 Å². The second-order valence-corrected chi connectivity index (χ2v) is 14.3. The van der Waals surface area contributed by atoms with Gasteiger partial charge in [0, 0.05) is 23.9 Å². The molecule has 4 aromatic carbocycles. The van der Waals surface area contributed by atoms with E-state index in [-0.39, 0.29) is 29.8 Å². The van der Waals surface area contributed by atoms with Crippen molar-refractivity contribution >= 4 is 39.3 Å². The van der Waals surface area contributed by atoms with Gasteiger partial charge in [-0.3, -0.25) is 13.9 Å². The number of sulfonamides is 1. The van der Waals surface area contributed by atoms with Gasteiger partial charge in [-0.2, -0.15) is 0 Å². The lowest BCUT2D eigenvalue weighted by atomic mass is 10.0. The van der Waals surface area contributed by atoms with Gasteiger partial charge in [-0.05, 0) is 81.0 Å². The highest BCUT2D eigenvalue weighted by Crippen LogP contribution is 2.27.